The molecule has 28 heavy (non-hydrogen) atoms. The Labute approximate surface area is 166 Å². The molecule has 0 fully saturated rings. The number of hydrogen-bond donors (Lipinski definition) is 2. The first-order valence-corrected chi connectivity index (χ1v) is 9.78. The fraction of sp³-hybridized carbons (Fsp3) is 0.250. The maximum atomic E-state index is 13.7. The first-order valence-electron chi connectivity index (χ1n) is 8.79. The predicted molar refractivity (Wildman–Crippen MR) is 108 cm³/mol. The van der Waals surface area contributed by atoms with E-state index in [0.717, 1.165) is 16.9 Å². The molecule has 146 valence electrons. The van der Waals surface area contributed by atoms with E-state index in [-0.39, 0.29) is 23.5 Å². The summed E-state index contributed by atoms with van der Waals surface area (Å²) in [5.41, 5.74) is 1.91. The van der Waals surface area contributed by atoms with Crippen LogP contribution in [0.3, 0.4) is 0 Å². The average Bonchev–Trinajstić information content (AvgIpc) is 3.12. The molecule has 3 aromatic rings. The minimum Gasteiger partial charge on any atom is -0.491 e. The highest BCUT2D eigenvalue weighted by atomic mass is 32.2. The minimum absolute atomic E-state index is 0.0865. The number of rotatable bonds is 7. The van der Waals surface area contributed by atoms with E-state index in [0.29, 0.717) is 11.0 Å². The summed E-state index contributed by atoms with van der Waals surface area (Å²) in [5.74, 6) is 0.693. The van der Waals surface area contributed by atoms with E-state index in [2.05, 4.69) is 20.5 Å². The number of aryl methyl sites for hydroxylation is 1. The van der Waals surface area contributed by atoms with Gasteiger partial charge in [-0.3, -0.25) is 4.79 Å². The van der Waals surface area contributed by atoms with Crippen molar-refractivity contribution in [3.05, 3.63) is 53.8 Å². The van der Waals surface area contributed by atoms with Crippen LogP contribution in [0.1, 0.15) is 19.4 Å². The van der Waals surface area contributed by atoms with E-state index < -0.39 is 5.82 Å². The number of benzene rings is 2. The van der Waals surface area contributed by atoms with Crippen LogP contribution in [0.15, 0.2) is 47.6 Å². The molecule has 1 aromatic heterocycles. The fourth-order valence-corrected chi connectivity index (χ4v) is 3.07. The van der Waals surface area contributed by atoms with Crippen molar-refractivity contribution < 1.29 is 13.9 Å². The number of ether oxygens (including phenoxy) is 1. The second-order valence-corrected chi connectivity index (χ2v) is 7.45. The number of carbonyl (C=O) groups is 1. The third kappa shape index (κ3) is 5.32. The molecule has 0 spiro atoms. The molecule has 8 heteroatoms. The Kier molecular flexibility index (Phi) is 6.30. The van der Waals surface area contributed by atoms with E-state index in [1.807, 2.05) is 45.0 Å². The molecule has 0 radical (unpaired) electrons. The standard InChI is InChI=1S/C20H21FN4O2S/c1-12(2)27-15-7-5-14(6-8-15)19-23-20(25-24-19)28-11-18(26)22-17-10-13(3)4-9-16(17)21/h4-10,12H,11H2,1-3H3,(H,22,26)(H,23,24,25). The summed E-state index contributed by atoms with van der Waals surface area (Å²) in [6.45, 7) is 5.77. The van der Waals surface area contributed by atoms with Crippen LogP contribution in [0.25, 0.3) is 11.4 Å². The summed E-state index contributed by atoms with van der Waals surface area (Å²) in [4.78, 5) is 15.2. The SMILES string of the molecule is Cc1ccc(F)c(NC(=O)CSc2nnc(-c3ccc(OC(C)C)cc3)[nH]2)c1. The predicted octanol–water partition coefficient (Wildman–Crippen LogP) is 4.44. The molecule has 1 heterocycles. The van der Waals surface area contributed by atoms with Crippen LogP contribution < -0.4 is 10.1 Å². The lowest BCUT2D eigenvalue weighted by atomic mass is 10.2. The van der Waals surface area contributed by atoms with Gasteiger partial charge in [-0.05, 0) is 62.7 Å². The van der Waals surface area contributed by atoms with Crippen LogP contribution >= 0.6 is 11.8 Å². The van der Waals surface area contributed by atoms with E-state index in [9.17, 15) is 9.18 Å². The van der Waals surface area contributed by atoms with Crippen LogP contribution in [0.2, 0.25) is 0 Å². The number of nitrogens with one attached hydrogen (secondary N) is 2. The van der Waals surface area contributed by atoms with Crippen molar-refractivity contribution in [1.82, 2.24) is 15.2 Å². The quantitative estimate of drug-likeness (QED) is 0.573. The summed E-state index contributed by atoms with van der Waals surface area (Å²) in [5, 5.41) is 11.2. The number of hydrogen-bond acceptors (Lipinski definition) is 5. The van der Waals surface area contributed by atoms with Gasteiger partial charge in [0.25, 0.3) is 0 Å². The van der Waals surface area contributed by atoms with E-state index >= 15 is 0 Å². The second-order valence-electron chi connectivity index (χ2n) is 6.49. The lowest BCUT2D eigenvalue weighted by Crippen LogP contribution is -2.15. The van der Waals surface area contributed by atoms with Gasteiger partial charge in [0.1, 0.15) is 11.6 Å². The smallest absolute Gasteiger partial charge is 0.234 e. The maximum absolute atomic E-state index is 13.7. The number of anilines is 1. The third-order valence-corrected chi connectivity index (χ3v) is 4.57. The molecule has 1 amide bonds. The highest BCUT2D eigenvalue weighted by molar-refractivity contribution is 7.99. The number of thioether (sulfide) groups is 1. The molecule has 2 aromatic carbocycles. The first-order chi connectivity index (χ1) is 13.4. The van der Waals surface area contributed by atoms with Gasteiger partial charge in [0.15, 0.2) is 11.0 Å². The molecule has 0 atom stereocenters. The van der Waals surface area contributed by atoms with Gasteiger partial charge in [-0.1, -0.05) is 17.8 Å². The molecule has 3 rings (SSSR count). The Bertz CT molecular complexity index is 957. The van der Waals surface area contributed by atoms with Gasteiger partial charge in [0.2, 0.25) is 5.91 Å². The van der Waals surface area contributed by atoms with Crippen molar-refractivity contribution in [1.29, 1.82) is 0 Å². The zero-order valence-corrected chi connectivity index (χ0v) is 16.6. The zero-order valence-electron chi connectivity index (χ0n) is 15.8. The van der Waals surface area contributed by atoms with Crippen molar-refractivity contribution >= 4 is 23.4 Å². The molecule has 0 saturated carbocycles. The number of carbonyl (C=O) groups excluding carboxylic acids is 1. The topological polar surface area (TPSA) is 79.9 Å². The van der Waals surface area contributed by atoms with Crippen molar-refractivity contribution in [2.75, 3.05) is 11.1 Å². The summed E-state index contributed by atoms with van der Waals surface area (Å²) in [6.07, 6.45) is 0.110. The van der Waals surface area contributed by atoms with Gasteiger partial charge >= 0.3 is 0 Å². The largest absolute Gasteiger partial charge is 0.491 e. The second kappa shape index (κ2) is 8.88. The lowest BCUT2D eigenvalue weighted by Gasteiger charge is -2.09. The monoisotopic (exact) mass is 400 g/mol. The molecule has 6 nitrogen and oxygen atoms in total. The average molecular weight is 400 g/mol. The Morgan fingerprint density at radius 2 is 1.96 bits per heavy atom. The molecule has 0 aliphatic heterocycles. The summed E-state index contributed by atoms with van der Waals surface area (Å²) in [6, 6.07) is 12.1. The minimum atomic E-state index is -0.462. The molecular weight excluding hydrogens is 379 g/mol. The molecule has 0 aliphatic rings. The van der Waals surface area contributed by atoms with Crippen LogP contribution in [0.4, 0.5) is 10.1 Å². The summed E-state index contributed by atoms with van der Waals surface area (Å²) in [7, 11) is 0. The number of nitrogens with zero attached hydrogens (tertiary/aromatic N) is 2. The number of aromatic nitrogens is 3. The van der Waals surface area contributed by atoms with Gasteiger partial charge in [0.05, 0.1) is 17.5 Å². The van der Waals surface area contributed by atoms with Crippen LogP contribution in [0, 0.1) is 12.7 Å². The van der Waals surface area contributed by atoms with Crippen LogP contribution in [-0.2, 0) is 4.79 Å². The van der Waals surface area contributed by atoms with E-state index in [1.165, 1.54) is 17.8 Å². The number of H-pyrrole nitrogens is 1. The van der Waals surface area contributed by atoms with Crippen molar-refractivity contribution in [2.24, 2.45) is 0 Å². The number of amides is 1. The van der Waals surface area contributed by atoms with Crippen LogP contribution in [-0.4, -0.2) is 32.9 Å². The Morgan fingerprint density at radius 1 is 1.21 bits per heavy atom. The lowest BCUT2D eigenvalue weighted by molar-refractivity contribution is -0.113. The number of aromatic amines is 1. The van der Waals surface area contributed by atoms with Crippen molar-refractivity contribution in [2.45, 2.75) is 32.0 Å². The highest BCUT2D eigenvalue weighted by Crippen LogP contribution is 2.23. The summed E-state index contributed by atoms with van der Waals surface area (Å²) < 4.78 is 19.3. The molecule has 0 bridgehead atoms. The number of halogens is 1. The van der Waals surface area contributed by atoms with Gasteiger partial charge in [-0.15, -0.1) is 10.2 Å². The Morgan fingerprint density at radius 3 is 2.68 bits per heavy atom. The van der Waals surface area contributed by atoms with Gasteiger partial charge < -0.3 is 15.0 Å². The van der Waals surface area contributed by atoms with Crippen LogP contribution in [0.5, 0.6) is 5.75 Å². The highest BCUT2D eigenvalue weighted by Gasteiger charge is 2.11. The maximum Gasteiger partial charge on any atom is 0.234 e. The molecular formula is C20H21FN4O2S. The summed E-state index contributed by atoms with van der Waals surface area (Å²) >= 11 is 1.20. The molecule has 0 unspecified atom stereocenters. The van der Waals surface area contributed by atoms with Crippen molar-refractivity contribution in [3.8, 4) is 17.1 Å². The van der Waals surface area contributed by atoms with Gasteiger partial charge in [-0.25, -0.2) is 4.39 Å². The molecule has 0 aliphatic carbocycles. The normalized spacial score (nSPS) is 10.9. The fourth-order valence-electron chi connectivity index (χ4n) is 2.46. The third-order valence-electron chi connectivity index (χ3n) is 3.70. The molecule has 0 saturated heterocycles. The Balaban J connectivity index is 1.57. The van der Waals surface area contributed by atoms with Gasteiger partial charge in [-0.2, -0.15) is 0 Å². The van der Waals surface area contributed by atoms with E-state index in [1.54, 1.807) is 12.1 Å². The van der Waals surface area contributed by atoms with Crippen molar-refractivity contribution in [3.63, 3.8) is 0 Å². The molecule has 2 N–H and O–H groups in total. The van der Waals surface area contributed by atoms with E-state index in [4.69, 9.17) is 4.74 Å². The first kappa shape index (κ1) is 19.9. The van der Waals surface area contributed by atoms with Gasteiger partial charge in [0, 0.05) is 5.56 Å². The zero-order chi connectivity index (χ0) is 20.1. The Hall–Kier alpha value is -2.87.